The summed E-state index contributed by atoms with van der Waals surface area (Å²) in [5, 5.41) is 10.7. The molecule has 0 radical (unpaired) electrons. The highest BCUT2D eigenvalue weighted by Gasteiger charge is 2.27. The minimum Gasteiger partial charge on any atom is -0.497 e. The Morgan fingerprint density at radius 2 is 1.88 bits per heavy atom. The highest BCUT2D eigenvalue weighted by molar-refractivity contribution is 5.79. The lowest BCUT2D eigenvalue weighted by Crippen LogP contribution is -2.29. The lowest BCUT2D eigenvalue weighted by Gasteiger charge is -2.17. The Morgan fingerprint density at radius 3 is 2.48 bits per heavy atom. The summed E-state index contributed by atoms with van der Waals surface area (Å²) >= 11 is 0. The van der Waals surface area contributed by atoms with E-state index in [4.69, 9.17) is 4.74 Å². The molecule has 1 amide bonds. The van der Waals surface area contributed by atoms with Crippen LogP contribution in [0.5, 0.6) is 5.75 Å². The minimum absolute atomic E-state index is 0.0388. The summed E-state index contributed by atoms with van der Waals surface area (Å²) in [6, 6.07) is 14.1. The fraction of sp³-hybridized carbons (Fsp3) is 0.316. The maximum Gasteiger partial charge on any atom is 0.269 e. The number of methoxy groups -OCH3 is 1. The summed E-state index contributed by atoms with van der Waals surface area (Å²) in [5.74, 6) is 1.23. The Balaban J connectivity index is 1.59. The van der Waals surface area contributed by atoms with Crippen molar-refractivity contribution in [3.63, 3.8) is 0 Å². The Hall–Kier alpha value is -2.89. The van der Waals surface area contributed by atoms with E-state index in [1.165, 1.54) is 17.7 Å². The molecule has 1 saturated heterocycles. The molecule has 2 aromatic rings. The molecule has 1 aliphatic heterocycles. The number of carbonyl (C=O) groups is 1. The number of non-ortho nitro benzene ring substituents is 1. The number of hydrogen-bond acceptors (Lipinski definition) is 4. The smallest absolute Gasteiger partial charge is 0.269 e. The Morgan fingerprint density at radius 1 is 1.20 bits per heavy atom. The molecular formula is C19H20N2O4. The summed E-state index contributed by atoms with van der Waals surface area (Å²) in [4.78, 5) is 24.6. The van der Waals surface area contributed by atoms with Gasteiger partial charge in [0.15, 0.2) is 0 Å². The normalized spacial score (nSPS) is 16.7. The standard InChI is InChI=1S/C19H20N2O4/c1-25-18-8-4-15(5-9-18)16-10-11-20(13-16)19(22)12-14-2-6-17(7-3-14)21(23)24/h2-9,16H,10-13H2,1H3. The van der Waals surface area contributed by atoms with Crippen LogP contribution in [0.15, 0.2) is 48.5 Å². The van der Waals surface area contributed by atoms with E-state index in [-0.39, 0.29) is 18.0 Å². The fourth-order valence-corrected chi connectivity index (χ4v) is 3.16. The molecule has 1 unspecified atom stereocenters. The van der Waals surface area contributed by atoms with Crippen molar-refractivity contribution in [2.75, 3.05) is 20.2 Å². The van der Waals surface area contributed by atoms with Crippen LogP contribution in [0.25, 0.3) is 0 Å². The van der Waals surface area contributed by atoms with Gasteiger partial charge in [-0.25, -0.2) is 0 Å². The van der Waals surface area contributed by atoms with Gasteiger partial charge in [-0.15, -0.1) is 0 Å². The van der Waals surface area contributed by atoms with E-state index in [1.54, 1.807) is 19.2 Å². The van der Waals surface area contributed by atoms with Crippen molar-refractivity contribution >= 4 is 11.6 Å². The summed E-state index contributed by atoms with van der Waals surface area (Å²) in [5.41, 5.74) is 2.05. The first-order valence-corrected chi connectivity index (χ1v) is 8.22. The molecule has 1 fully saturated rings. The minimum atomic E-state index is -0.439. The first kappa shape index (κ1) is 17.0. The summed E-state index contributed by atoms with van der Waals surface area (Å²) in [6.07, 6.45) is 1.21. The van der Waals surface area contributed by atoms with Crippen molar-refractivity contribution in [2.24, 2.45) is 0 Å². The lowest BCUT2D eigenvalue weighted by molar-refractivity contribution is -0.384. The predicted octanol–water partition coefficient (Wildman–Crippen LogP) is 3.16. The van der Waals surface area contributed by atoms with Crippen LogP contribution in [0.3, 0.4) is 0 Å². The summed E-state index contributed by atoms with van der Waals surface area (Å²) < 4.78 is 5.17. The van der Waals surface area contributed by atoms with Crippen molar-refractivity contribution in [1.29, 1.82) is 0 Å². The number of nitro groups is 1. The quantitative estimate of drug-likeness (QED) is 0.619. The maximum absolute atomic E-state index is 12.5. The van der Waals surface area contributed by atoms with Gasteiger partial charge < -0.3 is 9.64 Å². The number of carbonyl (C=O) groups excluding carboxylic acids is 1. The van der Waals surface area contributed by atoms with Crippen LogP contribution in [-0.2, 0) is 11.2 Å². The van der Waals surface area contributed by atoms with Crippen LogP contribution in [0.2, 0.25) is 0 Å². The highest BCUT2D eigenvalue weighted by Crippen LogP contribution is 2.29. The van der Waals surface area contributed by atoms with E-state index < -0.39 is 4.92 Å². The average molecular weight is 340 g/mol. The van der Waals surface area contributed by atoms with Gasteiger partial charge in [-0.05, 0) is 29.7 Å². The van der Waals surface area contributed by atoms with Crippen molar-refractivity contribution in [3.05, 3.63) is 69.8 Å². The third-order valence-corrected chi connectivity index (χ3v) is 4.63. The predicted molar refractivity (Wildman–Crippen MR) is 93.7 cm³/mol. The van der Waals surface area contributed by atoms with Crippen LogP contribution in [0, 0.1) is 10.1 Å². The van der Waals surface area contributed by atoms with Gasteiger partial charge in [0.25, 0.3) is 5.69 Å². The number of nitro benzene ring substituents is 1. The molecule has 25 heavy (non-hydrogen) atoms. The Kier molecular flexibility index (Phi) is 4.97. The third-order valence-electron chi connectivity index (χ3n) is 4.63. The lowest BCUT2D eigenvalue weighted by atomic mass is 9.98. The molecule has 0 spiro atoms. The van der Waals surface area contributed by atoms with Crippen molar-refractivity contribution < 1.29 is 14.5 Å². The first-order valence-electron chi connectivity index (χ1n) is 8.22. The second-order valence-corrected chi connectivity index (χ2v) is 6.20. The number of benzene rings is 2. The van der Waals surface area contributed by atoms with Gasteiger partial charge in [0.1, 0.15) is 5.75 Å². The maximum atomic E-state index is 12.5. The second kappa shape index (κ2) is 7.34. The van der Waals surface area contributed by atoms with Crippen molar-refractivity contribution in [3.8, 4) is 5.75 Å². The van der Waals surface area contributed by atoms with Crippen LogP contribution in [-0.4, -0.2) is 35.9 Å². The van der Waals surface area contributed by atoms with Crippen LogP contribution in [0.4, 0.5) is 5.69 Å². The van der Waals surface area contributed by atoms with E-state index in [0.29, 0.717) is 12.5 Å². The molecule has 1 atom stereocenters. The number of nitrogens with zero attached hydrogens (tertiary/aromatic N) is 2. The van der Waals surface area contributed by atoms with Crippen LogP contribution >= 0.6 is 0 Å². The molecule has 6 heteroatoms. The molecule has 0 aliphatic carbocycles. The molecule has 0 aromatic heterocycles. The second-order valence-electron chi connectivity index (χ2n) is 6.20. The number of amides is 1. The van der Waals surface area contributed by atoms with Gasteiger partial charge in [0.05, 0.1) is 18.5 Å². The van der Waals surface area contributed by atoms with Crippen LogP contribution < -0.4 is 4.74 Å². The fourth-order valence-electron chi connectivity index (χ4n) is 3.16. The molecule has 0 saturated carbocycles. The van der Waals surface area contributed by atoms with Gasteiger partial charge in [-0.1, -0.05) is 24.3 Å². The molecule has 0 N–H and O–H groups in total. The molecule has 1 aliphatic rings. The summed E-state index contributed by atoms with van der Waals surface area (Å²) in [6.45, 7) is 1.45. The number of ether oxygens (including phenoxy) is 1. The zero-order chi connectivity index (χ0) is 17.8. The van der Waals surface area contributed by atoms with E-state index in [0.717, 1.165) is 24.3 Å². The highest BCUT2D eigenvalue weighted by atomic mass is 16.6. The number of likely N-dealkylation sites (tertiary alicyclic amines) is 1. The number of rotatable bonds is 5. The van der Waals surface area contributed by atoms with Gasteiger partial charge in [-0.2, -0.15) is 0 Å². The Labute approximate surface area is 146 Å². The topological polar surface area (TPSA) is 72.7 Å². The summed E-state index contributed by atoms with van der Waals surface area (Å²) in [7, 11) is 1.64. The van der Waals surface area contributed by atoms with Gasteiger partial charge in [-0.3, -0.25) is 14.9 Å². The largest absolute Gasteiger partial charge is 0.497 e. The number of hydrogen-bond donors (Lipinski definition) is 0. The molecule has 130 valence electrons. The molecule has 6 nitrogen and oxygen atoms in total. The molecular weight excluding hydrogens is 320 g/mol. The van der Waals surface area contributed by atoms with E-state index in [9.17, 15) is 14.9 Å². The van der Waals surface area contributed by atoms with Gasteiger partial charge in [0, 0.05) is 31.1 Å². The van der Waals surface area contributed by atoms with Crippen LogP contribution in [0.1, 0.15) is 23.5 Å². The molecule has 2 aromatic carbocycles. The van der Waals surface area contributed by atoms with E-state index >= 15 is 0 Å². The average Bonchev–Trinajstić information content (AvgIpc) is 3.12. The molecule has 1 heterocycles. The van der Waals surface area contributed by atoms with Crippen molar-refractivity contribution in [1.82, 2.24) is 4.90 Å². The van der Waals surface area contributed by atoms with E-state index in [2.05, 4.69) is 0 Å². The van der Waals surface area contributed by atoms with Crippen molar-refractivity contribution in [2.45, 2.75) is 18.8 Å². The zero-order valence-corrected chi connectivity index (χ0v) is 14.1. The third kappa shape index (κ3) is 3.96. The SMILES string of the molecule is COc1ccc(C2CCN(C(=O)Cc3ccc([N+](=O)[O-])cc3)C2)cc1. The molecule has 0 bridgehead atoms. The molecule has 3 rings (SSSR count). The van der Waals surface area contributed by atoms with E-state index in [1.807, 2.05) is 29.2 Å². The monoisotopic (exact) mass is 340 g/mol. The Bertz CT molecular complexity index is 756. The van der Waals surface area contributed by atoms with Gasteiger partial charge >= 0.3 is 0 Å². The first-order chi connectivity index (χ1) is 12.1. The van der Waals surface area contributed by atoms with Gasteiger partial charge in [0.2, 0.25) is 5.91 Å². The zero-order valence-electron chi connectivity index (χ0n) is 14.1.